The molecule has 3 aromatic rings. The fourth-order valence-corrected chi connectivity index (χ4v) is 3.10. The van der Waals surface area contributed by atoms with Gasteiger partial charge >= 0.3 is 0 Å². The van der Waals surface area contributed by atoms with Gasteiger partial charge in [0.15, 0.2) is 10.4 Å². The van der Waals surface area contributed by atoms with Crippen molar-refractivity contribution in [1.82, 2.24) is 0 Å². The standard InChI is InChI=1S/C16H13BrN2O5S.BrH/c1-25(21,22)19-11-8-12-10(15(20)14(18)16(17)24-12)7-13(11)23-9-5-3-2-4-6-9;/h2-8,19H,18H2,1H3;1H. The number of fused-ring (bicyclic) bond motifs is 1. The molecule has 3 rings (SSSR count). The first-order chi connectivity index (χ1) is 11.7. The van der Waals surface area contributed by atoms with Crippen LogP contribution in [0.5, 0.6) is 11.5 Å². The molecule has 26 heavy (non-hydrogen) atoms. The number of nitrogen functional groups attached to an aromatic ring is 1. The highest BCUT2D eigenvalue weighted by Crippen LogP contribution is 2.35. The molecule has 0 amide bonds. The number of hydrogen-bond donors (Lipinski definition) is 2. The van der Waals surface area contributed by atoms with Gasteiger partial charge in [0.25, 0.3) is 0 Å². The molecular formula is C16H14Br2N2O5S. The number of nitrogens with two attached hydrogens (primary N) is 1. The van der Waals surface area contributed by atoms with E-state index < -0.39 is 15.5 Å². The minimum atomic E-state index is -3.58. The molecule has 0 unspecified atom stereocenters. The van der Waals surface area contributed by atoms with Crippen LogP contribution in [0.1, 0.15) is 0 Å². The maximum atomic E-state index is 12.3. The largest absolute Gasteiger partial charge is 0.455 e. The summed E-state index contributed by atoms with van der Waals surface area (Å²) in [5, 5.41) is 0.172. The van der Waals surface area contributed by atoms with Crippen LogP contribution in [-0.4, -0.2) is 14.7 Å². The van der Waals surface area contributed by atoms with Gasteiger partial charge in [0.2, 0.25) is 15.5 Å². The number of sulfonamides is 1. The Hall–Kier alpha value is -2.04. The van der Waals surface area contributed by atoms with Gasteiger partial charge in [-0.25, -0.2) is 8.42 Å². The van der Waals surface area contributed by atoms with Crippen molar-refractivity contribution < 1.29 is 17.6 Å². The molecule has 0 saturated heterocycles. The van der Waals surface area contributed by atoms with Gasteiger partial charge in [-0.1, -0.05) is 18.2 Å². The molecule has 0 radical (unpaired) electrons. The molecule has 1 heterocycles. The van der Waals surface area contributed by atoms with E-state index >= 15 is 0 Å². The fourth-order valence-electron chi connectivity index (χ4n) is 2.19. The minimum absolute atomic E-state index is 0. The van der Waals surface area contributed by atoms with E-state index in [1.54, 1.807) is 24.3 Å². The highest BCUT2D eigenvalue weighted by atomic mass is 79.9. The summed E-state index contributed by atoms with van der Waals surface area (Å²) in [6, 6.07) is 11.5. The molecule has 10 heteroatoms. The van der Waals surface area contributed by atoms with Crippen molar-refractivity contribution in [2.45, 2.75) is 0 Å². The summed E-state index contributed by atoms with van der Waals surface area (Å²) < 4.78 is 36.9. The van der Waals surface area contributed by atoms with Crippen LogP contribution in [0, 0.1) is 0 Å². The Labute approximate surface area is 168 Å². The third-order valence-corrected chi connectivity index (χ3v) is 4.43. The Morgan fingerprint density at radius 3 is 2.46 bits per heavy atom. The van der Waals surface area contributed by atoms with Gasteiger partial charge in [0.1, 0.15) is 17.0 Å². The Balaban J connectivity index is 0.00000243. The van der Waals surface area contributed by atoms with Crippen LogP contribution in [0.3, 0.4) is 0 Å². The predicted molar refractivity (Wildman–Crippen MR) is 110 cm³/mol. The van der Waals surface area contributed by atoms with Gasteiger partial charge < -0.3 is 14.9 Å². The van der Waals surface area contributed by atoms with Crippen LogP contribution in [0.2, 0.25) is 0 Å². The van der Waals surface area contributed by atoms with Crippen molar-refractivity contribution >= 4 is 65.3 Å². The van der Waals surface area contributed by atoms with Crippen molar-refractivity contribution in [3.8, 4) is 11.5 Å². The van der Waals surface area contributed by atoms with Gasteiger partial charge in [-0.3, -0.25) is 9.52 Å². The lowest BCUT2D eigenvalue weighted by atomic mass is 10.2. The summed E-state index contributed by atoms with van der Waals surface area (Å²) in [7, 11) is -3.58. The summed E-state index contributed by atoms with van der Waals surface area (Å²) in [4.78, 5) is 12.3. The SMILES string of the molecule is Br.CS(=O)(=O)Nc1cc2oc(Br)c(N)c(=O)c2cc1Oc1ccccc1. The Morgan fingerprint density at radius 2 is 1.85 bits per heavy atom. The molecule has 2 aromatic carbocycles. The van der Waals surface area contributed by atoms with E-state index in [0.717, 1.165) is 6.26 Å². The molecule has 0 aliphatic heterocycles. The Morgan fingerprint density at radius 1 is 1.19 bits per heavy atom. The first-order valence-corrected chi connectivity index (χ1v) is 9.69. The molecule has 7 nitrogen and oxygen atoms in total. The smallest absolute Gasteiger partial charge is 0.229 e. The number of hydrogen-bond acceptors (Lipinski definition) is 6. The van der Waals surface area contributed by atoms with E-state index in [1.807, 2.05) is 6.07 Å². The van der Waals surface area contributed by atoms with Crippen molar-refractivity contribution in [3.63, 3.8) is 0 Å². The lowest BCUT2D eigenvalue weighted by Gasteiger charge is -2.13. The Bertz CT molecular complexity index is 1110. The van der Waals surface area contributed by atoms with Crippen molar-refractivity contribution in [2.24, 2.45) is 0 Å². The second kappa shape index (κ2) is 7.68. The highest BCUT2D eigenvalue weighted by molar-refractivity contribution is 9.10. The van der Waals surface area contributed by atoms with Crippen molar-refractivity contribution in [2.75, 3.05) is 16.7 Å². The van der Waals surface area contributed by atoms with Gasteiger partial charge in [0, 0.05) is 6.07 Å². The van der Waals surface area contributed by atoms with Crippen LogP contribution in [0.15, 0.2) is 56.3 Å². The van der Waals surface area contributed by atoms with Crippen molar-refractivity contribution in [1.29, 1.82) is 0 Å². The van der Waals surface area contributed by atoms with Crippen LogP contribution >= 0.6 is 32.9 Å². The number of anilines is 2. The van der Waals surface area contributed by atoms with Crippen LogP contribution in [0.25, 0.3) is 11.0 Å². The molecule has 0 fully saturated rings. The highest BCUT2D eigenvalue weighted by Gasteiger charge is 2.17. The Kier molecular flexibility index (Phi) is 5.99. The summed E-state index contributed by atoms with van der Waals surface area (Å²) >= 11 is 3.06. The average molecular weight is 506 g/mol. The zero-order valence-corrected chi connectivity index (χ0v) is 17.5. The lowest BCUT2D eigenvalue weighted by molar-refractivity contribution is 0.484. The average Bonchev–Trinajstić information content (AvgIpc) is 2.54. The topological polar surface area (TPSA) is 112 Å². The van der Waals surface area contributed by atoms with Crippen LogP contribution in [-0.2, 0) is 10.0 Å². The lowest BCUT2D eigenvalue weighted by Crippen LogP contribution is -2.12. The van der Waals surface area contributed by atoms with Crippen LogP contribution < -0.4 is 20.6 Å². The summed E-state index contributed by atoms with van der Waals surface area (Å²) in [6.07, 6.45) is 1.01. The first-order valence-electron chi connectivity index (χ1n) is 7.01. The minimum Gasteiger partial charge on any atom is -0.455 e. The van der Waals surface area contributed by atoms with E-state index in [1.165, 1.54) is 12.1 Å². The summed E-state index contributed by atoms with van der Waals surface area (Å²) in [6.45, 7) is 0. The monoisotopic (exact) mass is 504 g/mol. The van der Waals surface area contributed by atoms with Crippen molar-refractivity contribution in [3.05, 3.63) is 57.4 Å². The van der Waals surface area contributed by atoms with Crippen LogP contribution in [0.4, 0.5) is 11.4 Å². The maximum absolute atomic E-state index is 12.3. The molecule has 1 aromatic heterocycles. The predicted octanol–water partition coefficient (Wildman–Crippen LogP) is 3.88. The van der Waals surface area contributed by atoms with Gasteiger partial charge in [-0.15, -0.1) is 17.0 Å². The molecule has 0 spiro atoms. The summed E-state index contributed by atoms with van der Waals surface area (Å²) in [5.41, 5.74) is 5.46. The van der Waals surface area contributed by atoms with E-state index in [-0.39, 0.29) is 49.7 Å². The van der Waals surface area contributed by atoms with Gasteiger partial charge in [-0.05, 0) is 34.1 Å². The molecule has 0 aliphatic carbocycles. The zero-order chi connectivity index (χ0) is 18.2. The molecular weight excluding hydrogens is 492 g/mol. The number of para-hydroxylation sites is 1. The number of ether oxygens (including phenoxy) is 1. The molecule has 138 valence electrons. The second-order valence-electron chi connectivity index (χ2n) is 5.25. The number of benzene rings is 2. The quantitative estimate of drug-likeness (QED) is 0.556. The van der Waals surface area contributed by atoms with E-state index in [4.69, 9.17) is 14.9 Å². The van der Waals surface area contributed by atoms with E-state index in [2.05, 4.69) is 20.7 Å². The number of rotatable bonds is 4. The molecule has 3 N–H and O–H groups in total. The van der Waals surface area contributed by atoms with Gasteiger partial charge in [0.05, 0.1) is 17.3 Å². The number of nitrogens with one attached hydrogen (secondary N) is 1. The zero-order valence-electron chi connectivity index (χ0n) is 13.4. The molecule has 0 aliphatic rings. The third-order valence-electron chi connectivity index (χ3n) is 3.25. The third kappa shape index (κ3) is 4.37. The normalized spacial score (nSPS) is 11.0. The van der Waals surface area contributed by atoms with E-state index in [0.29, 0.717) is 5.75 Å². The molecule has 0 atom stereocenters. The molecule has 0 saturated carbocycles. The van der Waals surface area contributed by atoms with Gasteiger partial charge in [-0.2, -0.15) is 0 Å². The maximum Gasteiger partial charge on any atom is 0.229 e. The summed E-state index contributed by atoms with van der Waals surface area (Å²) in [5.74, 6) is 0.631. The fraction of sp³-hybridized carbons (Fsp3) is 0.0625. The first kappa shape index (κ1) is 20.3. The molecule has 0 bridgehead atoms. The second-order valence-corrected chi connectivity index (χ2v) is 7.72. The number of halogens is 2. The van der Waals surface area contributed by atoms with E-state index in [9.17, 15) is 13.2 Å².